The molecule has 2 saturated heterocycles. The minimum atomic E-state index is -0.0253. The monoisotopic (exact) mass is 227 g/mol. The first kappa shape index (κ1) is 11.7. The van der Waals surface area contributed by atoms with Crippen LogP contribution in [0.25, 0.3) is 0 Å². The number of nitrogens with zero attached hydrogens (tertiary/aromatic N) is 1. The molecule has 5 heteroatoms. The van der Waals surface area contributed by atoms with Gasteiger partial charge in [0.25, 0.3) is 0 Å². The van der Waals surface area contributed by atoms with Gasteiger partial charge in [-0.05, 0) is 25.8 Å². The Labute approximate surface area is 96.5 Å². The zero-order chi connectivity index (χ0) is 11.6. The standard InChI is InChI=1S/C11H21N3O2/c1-14(2)10(15)13-9-3-6-16-11(7-9)4-5-12-8-11/h9,12H,3-8H2,1-2H3,(H,13,15)/t9-,11-/m1/s1. The summed E-state index contributed by atoms with van der Waals surface area (Å²) in [7, 11) is 3.53. The second-order valence-corrected chi connectivity index (χ2v) is 4.99. The third-order valence-corrected chi connectivity index (χ3v) is 3.43. The van der Waals surface area contributed by atoms with E-state index < -0.39 is 0 Å². The molecule has 0 aromatic carbocycles. The van der Waals surface area contributed by atoms with Crippen molar-refractivity contribution in [1.82, 2.24) is 15.5 Å². The Bertz CT molecular complexity index is 262. The highest BCUT2D eigenvalue weighted by molar-refractivity contribution is 5.73. The molecular weight excluding hydrogens is 206 g/mol. The normalized spacial score (nSPS) is 34.0. The first-order valence-electron chi connectivity index (χ1n) is 5.94. The Morgan fingerprint density at radius 1 is 1.56 bits per heavy atom. The predicted octanol–water partition coefficient (Wildman–Crippen LogP) is 0.169. The molecule has 0 aromatic rings. The molecule has 5 nitrogen and oxygen atoms in total. The molecule has 0 radical (unpaired) electrons. The number of ether oxygens (including phenoxy) is 1. The number of hydrogen-bond donors (Lipinski definition) is 2. The number of urea groups is 1. The average Bonchev–Trinajstić information content (AvgIpc) is 2.66. The van der Waals surface area contributed by atoms with Crippen molar-refractivity contribution in [2.24, 2.45) is 0 Å². The number of carbonyl (C=O) groups excluding carboxylic acids is 1. The van der Waals surface area contributed by atoms with E-state index in [0.29, 0.717) is 0 Å². The first-order chi connectivity index (χ1) is 7.61. The van der Waals surface area contributed by atoms with Gasteiger partial charge in [0, 0.05) is 33.3 Å². The van der Waals surface area contributed by atoms with Gasteiger partial charge >= 0.3 is 6.03 Å². The molecule has 2 atom stereocenters. The fourth-order valence-corrected chi connectivity index (χ4v) is 2.47. The van der Waals surface area contributed by atoms with Gasteiger partial charge in [0.05, 0.1) is 5.60 Å². The molecule has 92 valence electrons. The SMILES string of the molecule is CN(C)C(=O)N[C@@H]1CCO[C@]2(CCNC2)C1. The van der Waals surface area contributed by atoms with Gasteiger partial charge in [-0.3, -0.25) is 0 Å². The lowest BCUT2D eigenvalue weighted by molar-refractivity contribution is -0.0731. The van der Waals surface area contributed by atoms with Crippen molar-refractivity contribution in [3.63, 3.8) is 0 Å². The predicted molar refractivity (Wildman–Crippen MR) is 61.4 cm³/mol. The van der Waals surface area contributed by atoms with Crippen molar-refractivity contribution in [3.8, 4) is 0 Å². The lowest BCUT2D eigenvalue weighted by Gasteiger charge is -2.38. The second kappa shape index (κ2) is 4.59. The molecule has 0 aliphatic carbocycles. The van der Waals surface area contributed by atoms with Gasteiger partial charge in [-0.2, -0.15) is 0 Å². The van der Waals surface area contributed by atoms with Crippen LogP contribution in [0.5, 0.6) is 0 Å². The van der Waals surface area contributed by atoms with Crippen molar-refractivity contribution < 1.29 is 9.53 Å². The fraction of sp³-hybridized carbons (Fsp3) is 0.909. The zero-order valence-electron chi connectivity index (χ0n) is 10.1. The van der Waals surface area contributed by atoms with Crippen molar-refractivity contribution in [2.45, 2.75) is 30.9 Å². The Balaban J connectivity index is 1.89. The van der Waals surface area contributed by atoms with E-state index in [9.17, 15) is 4.79 Å². The Hall–Kier alpha value is -0.810. The van der Waals surface area contributed by atoms with E-state index in [4.69, 9.17) is 4.74 Å². The molecule has 2 aliphatic rings. The molecule has 1 spiro atoms. The summed E-state index contributed by atoms with van der Waals surface area (Å²) in [5.74, 6) is 0. The van der Waals surface area contributed by atoms with Crippen LogP contribution in [0.1, 0.15) is 19.3 Å². The van der Waals surface area contributed by atoms with Crippen LogP contribution in [0.3, 0.4) is 0 Å². The van der Waals surface area contributed by atoms with E-state index in [1.165, 1.54) is 0 Å². The summed E-state index contributed by atoms with van der Waals surface area (Å²) in [5.41, 5.74) is -0.0253. The number of amides is 2. The molecule has 0 bridgehead atoms. The van der Waals surface area contributed by atoms with Gasteiger partial charge in [0.15, 0.2) is 0 Å². The topological polar surface area (TPSA) is 53.6 Å². The summed E-state index contributed by atoms with van der Waals surface area (Å²) < 4.78 is 5.87. The molecule has 2 amide bonds. The molecular formula is C11H21N3O2. The third-order valence-electron chi connectivity index (χ3n) is 3.43. The maximum Gasteiger partial charge on any atom is 0.317 e. The van der Waals surface area contributed by atoms with Crippen molar-refractivity contribution in [2.75, 3.05) is 33.8 Å². The van der Waals surface area contributed by atoms with Gasteiger partial charge in [-0.15, -0.1) is 0 Å². The summed E-state index contributed by atoms with van der Waals surface area (Å²) in [6, 6.07) is 0.247. The smallest absolute Gasteiger partial charge is 0.317 e. The quantitative estimate of drug-likeness (QED) is 0.671. The fourth-order valence-electron chi connectivity index (χ4n) is 2.47. The summed E-state index contributed by atoms with van der Waals surface area (Å²) in [6.07, 6.45) is 2.91. The van der Waals surface area contributed by atoms with Crippen molar-refractivity contribution in [3.05, 3.63) is 0 Å². The van der Waals surface area contributed by atoms with Crippen molar-refractivity contribution >= 4 is 6.03 Å². The average molecular weight is 227 g/mol. The maximum atomic E-state index is 11.6. The lowest BCUT2D eigenvalue weighted by Crippen LogP contribution is -2.51. The van der Waals surface area contributed by atoms with Gasteiger partial charge in [0.1, 0.15) is 0 Å². The molecule has 0 saturated carbocycles. The number of carbonyl (C=O) groups is 1. The van der Waals surface area contributed by atoms with Gasteiger partial charge < -0.3 is 20.3 Å². The number of rotatable bonds is 1. The highest BCUT2D eigenvalue weighted by atomic mass is 16.5. The summed E-state index contributed by atoms with van der Waals surface area (Å²) in [6.45, 7) is 2.69. The summed E-state index contributed by atoms with van der Waals surface area (Å²) >= 11 is 0. The van der Waals surface area contributed by atoms with Crippen LogP contribution in [-0.4, -0.2) is 56.4 Å². The van der Waals surface area contributed by atoms with Crippen LogP contribution in [0.15, 0.2) is 0 Å². The molecule has 2 N–H and O–H groups in total. The summed E-state index contributed by atoms with van der Waals surface area (Å²) in [5, 5.41) is 6.38. The highest BCUT2D eigenvalue weighted by Crippen LogP contribution is 2.30. The lowest BCUT2D eigenvalue weighted by atomic mass is 9.89. The van der Waals surface area contributed by atoms with Gasteiger partial charge in [-0.1, -0.05) is 0 Å². The van der Waals surface area contributed by atoms with E-state index in [1.807, 2.05) is 0 Å². The second-order valence-electron chi connectivity index (χ2n) is 4.99. The van der Waals surface area contributed by atoms with Gasteiger partial charge in [0.2, 0.25) is 0 Å². The van der Waals surface area contributed by atoms with Crippen molar-refractivity contribution in [1.29, 1.82) is 0 Å². The largest absolute Gasteiger partial charge is 0.373 e. The molecule has 0 aromatic heterocycles. The minimum Gasteiger partial charge on any atom is -0.373 e. The van der Waals surface area contributed by atoms with Crippen LogP contribution in [-0.2, 0) is 4.74 Å². The first-order valence-corrected chi connectivity index (χ1v) is 5.94. The van der Waals surface area contributed by atoms with E-state index in [2.05, 4.69) is 10.6 Å². The Kier molecular flexibility index (Phi) is 3.35. The molecule has 0 unspecified atom stereocenters. The molecule has 2 rings (SSSR count). The summed E-state index contributed by atoms with van der Waals surface area (Å²) in [4.78, 5) is 13.2. The van der Waals surface area contributed by atoms with Crippen LogP contribution < -0.4 is 10.6 Å². The molecule has 2 fully saturated rings. The Morgan fingerprint density at radius 2 is 2.38 bits per heavy atom. The van der Waals surface area contributed by atoms with Crippen LogP contribution >= 0.6 is 0 Å². The molecule has 2 aliphatic heterocycles. The minimum absolute atomic E-state index is 0.00648. The van der Waals surface area contributed by atoms with E-state index in [-0.39, 0.29) is 17.7 Å². The number of hydrogen-bond acceptors (Lipinski definition) is 3. The molecule has 2 heterocycles. The maximum absolute atomic E-state index is 11.6. The number of nitrogens with one attached hydrogen (secondary N) is 2. The van der Waals surface area contributed by atoms with Crippen LogP contribution in [0.2, 0.25) is 0 Å². The van der Waals surface area contributed by atoms with E-state index in [1.54, 1.807) is 19.0 Å². The van der Waals surface area contributed by atoms with Crippen LogP contribution in [0, 0.1) is 0 Å². The zero-order valence-corrected chi connectivity index (χ0v) is 10.1. The Morgan fingerprint density at radius 3 is 3.00 bits per heavy atom. The highest BCUT2D eigenvalue weighted by Gasteiger charge is 2.40. The van der Waals surface area contributed by atoms with E-state index in [0.717, 1.165) is 39.0 Å². The third kappa shape index (κ3) is 2.47. The molecule has 16 heavy (non-hydrogen) atoms. The van der Waals surface area contributed by atoms with Gasteiger partial charge in [-0.25, -0.2) is 4.79 Å². The van der Waals surface area contributed by atoms with Crippen LogP contribution in [0.4, 0.5) is 4.79 Å². The van der Waals surface area contributed by atoms with E-state index >= 15 is 0 Å².